The van der Waals surface area contributed by atoms with Crippen molar-refractivity contribution < 1.29 is 64.5 Å². The van der Waals surface area contributed by atoms with Crippen molar-refractivity contribution in [1.82, 2.24) is 0 Å². The summed E-state index contributed by atoms with van der Waals surface area (Å²) in [5, 5.41) is 3.83. The summed E-state index contributed by atoms with van der Waals surface area (Å²) in [7, 11) is 1.55. The van der Waals surface area contributed by atoms with E-state index in [9.17, 15) is 45.5 Å². The van der Waals surface area contributed by atoms with Gasteiger partial charge in [-0.3, -0.25) is 9.59 Å². The van der Waals surface area contributed by atoms with Crippen molar-refractivity contribution in [3.8, 4) is 23.0 Å². The molecule has 0 atom stereocenters. The second-order valence-electron chi connectivity index (χ2n) is 12.2. The van der Waals surface area contributed by atoms with Crippen LogP contribution in [0.25, 0.3) is 21.5 Å². The van der Waals surface area contributed by atoms with Crippen LogP contribution in [0.4, 0.5) is 26.3 Å². The van der Waals surface area contributed by atoms with Crippen LogP contribution in [0.2, 0.25) is 0 Å². The predicted molar refractivity (Wildman–Crippen MR) is 198 cm³/mol. The summed E-state index contributed by atoms with van der Waals surface area (Å²) < 4.78 is 95.6. The van der Waals surface area contributed by atoms with E-state index in [2.05, 4.69) is 17.7 Å². The number of aryl methyl sites for hydroxylation is 1. The zero-order valence-corrected chi connectivity index (χ0v) is 30.5. The van der Waals surface area contributed by atoms with Gasteiger partial charge in [-0.05, 0) is 77.7 Å². The molecule has 0 saturated heterocycles. The van der Waals surface area contributed by atoms with Gasteiger partial charge in [0.15, 0.2) is 34.9 Å². The number of halogens is 6. The summed E-state index contributed by atoms with van der Waals surface area (Å²) >= 11 is 0. The smallest absolute Gasteiger partial charge is 0.343 e. The first-order valence-corrected chi connectivity index (χ1v) is 17.2. The summed E-state index contributed by atoms with van der Waals surface area (Å²) in [6, 6.07) is 24.3. The predicted octanol–water partition coefficient (Wildman–Crippen LogP) is 10.3. The number of fused-ring (bicyclic) bond motifs is 2. The SMILES string of the molecule is COc1ccc2cc(C(=O)Oc3cc(F)c(F)c(F)c3)ccc2c1.Cc1ccc2cc(OC(=O)CCCCCC=O)ccc2c1.O=COc1cc(F)c(F)c(F)c1. The Bertz CT molecular complexity index is 2340. The monoisotopic (exact) mass is 792 g/mol. The number of unbranched alkanes of at least 4 members (excludes halogenated alkanes) is 3. The van der Waals surface area contributed by atoms with E-state index in [1.165, 1.54) is 11.6 Å². The van der Waals surface area contributed by atoms with Crippen LogP contribution in [-0.4, -0.2) is 31.8 Å². The van der Waals surface area contributed by atoms with Crippen molar-refractivity contribution in [3.05, 3.63) is 143 Å². The van der Waals surface area contributed by atoms with Gasteiger partial charge in [0.05, 0.1) is 12.7 Å². The molecule has 0 radical (unpaired) electrons. The Morgan fingerprint density at radius 3 is 1.68 bits per heavy atom. The molecular weight excluding hydrogens is 758 g/mol. The third kappa shape index (κ3) is 12.7. The number of carbonyl (C=O) groups is 4. The average molecular weight is 793 g/mol. The van der Waals surface area contributed by atoms with Gasteiger partial charge in [0.2, 0.25) is 0 Å². The second-order valence-corrected chi connectivity index (χ2v) is 12.2. The molecular formula is C43H34F6O8. The lowest BCUT2D eigenvalue weighted by atomic mass is 10.1. The van der Waals surface area contributed by atoms with Crippen molar-refractivity contribution in [3.63, 3.8) is 0 Å². The Labute approximate surface area is 322 Å². The molecule has 0 spiro atoms. The summed E-state index contributed by atoms with van der Waals surface area (Å²) in [5.41, 5.74) is 1.40. The van der Waals surface area contributed by atoms with E-state index >= 15 is 0 Å². The van der Waals surface area contributed by atoms with Gasteiger partial charge in [-0.15, -0.1) is 0 Å². The molecule has 6 aromatic carbocycles. The quantitative estimate of drug-likeness (QED) is 0.0301. The molecule has 0 heterocycles. The minimum absolute atomic E-state index is 0.00782. The third-order valence-corrected chi connectivity index (χ3v) is 7.99. The molecule has 0 N–H and O–H groups in total. The molecule has 0 aliphatic heterocycles. The van der Waals surface area contributed by atoms with E-state index in [0.29, 0.717) is 48.6 Å². The van der Waals surface area contributed by atoms with Crippen molar-refractivity contribution >= 4 is 46.2 Å². The van der Waals surface area contributed by atoms with Crippen LogP contribution in [0.15, 0.2) is 97.1 Å². The molecule has 0 aliphatic carbocycles. The summed E-state index contributed by atoms with van der Waals surface area (Å²) in [6.45, 7) is 2.05. The van der Waals surface area contributed by atoms with Crippen LogP contribution in [-0.2, 0) is 14.4 Å². The molecule has 8 nitrogen and oxygen atoms in total. The minimum Gasteiger partial charge on any atom is -0.497 e. The lowest BCUT2D eigenvalue weighted by Crippen LogP contribution is -2.09. The molecule has 0 unspecified atom stereocenters. The van der Waals surface area contributed by atoms with Crippen molar-refractivity contribution in [2.45, 2.75) is 39.0 Å². The maximum atomic E-state index is 13.2. The first kappa shape index (κ1) is 43.0. The fraction of sp³-hybridized carbons (Fsp3) is 0.163. The Hall–Kier alpha value is -6.70. The molecule has 57 heavy (non-hydrogen) atoms. The van der Waals surface area contributed by atoms with Gasteiger partial charge < -0.3 is 23.7 Å². The Morgan fingerprint density at radius 1 is 0.561 bits per heavy atom. The van der Waals surface area contributed by atoms with E-state index in [-0.39, 0.29) is 23.8 Å². The highest BCUT2D eigenvalue weighted by Crippen LogP contribution is 2.25. The average Bonchev–Trinajstić information content (AvgIpc) is 3.19. The van der Waals surface area contributed by atoms with Crippen LogP contribution >= 0.6 is 0 Å². The van der Waals surface area contributed by atoms with E-state index in [1.807, 2.05) is 30.3 Å². The van der Waals surface area contributed by atoms with Crippen LogP contribution in [0.1, 0.15) is 48.0 Å². The number of benzene rings is 6. The van der Waals surface area contributed by atoms with Crippen molar-refractivity contribution in [2.24, 2.45) is 0 Å². The standard InChI is InChI=1S/C18H11F3O3.C18H20O3.C7H3F3O2/c1-23-13-5-4-10-6-12(3-2-11(10)7-13)18(22)24-14-8-15(19)17(21)16(20)9-14;1-14-7-8-16-13-17(10-9-15(16)12-14)21-18(20)6-4-2-3-5-11-19;8-5-1-4(12-3-11)2-6(9)7(5)10/h2-9H,1H3;7-13H,2-6H2,1H3;1-3H. The number of aldehydes is 1. The highest BCUT2D eigenvalue weighted by Gasteiger charge is 2.16. The van der Waals surface area contributed by atoms with Gasteiger partial charge in [0.25, 0.3) is 6.47 Å². The largest absolute Gasteiger partial charge is 0.497 e. The number of carbonyl (C=O) groups excluding carboxylic acids is 4. The van der Waals surface area contributed by atoms with Gasteiger partial charge in [-0.1, -0.05) is 48.4 Å². The number of hydrogen-bond donors (Lipinski definition) is 0. The summed E-state index contributed by atoms with van der Waals surface area (Å²) in [6.07, 6.45) is 4.36. The number of hydrogen-bond acceptors (Lipinski definition) is 8. The number of methoxy groups -OCH3 is 1. The molecule has 6 aromatic rings. The molecule has 296 valence electrons. The number of esters is 2. The third-order valence-electron chi connectivity index (χ3n) is 7.99. The van der Waals surface area contributed by atoms with Crippen LogP contribution < -0.4 is 18.9 Å². The number of ether oxygens (including phenoxy) is 4. The van der Waals surface area contributed by atoms with E-state index in [1.54, 1.807) is 37.4 Å². The van der Waals surface area contributed by atoms with E-state index in [0.717, 1.165) is 47.1 Å². The highest BCUT2D eigenvalue weighted by atomic mass is 19.2. The molecule has 0 aliphatic rings. The first-order valence-electron chi connectivity index (χ1n) is 17.2. The molecule has 0 amide bonds. The maximum Gasteiger partial charge on any atom is 0.343 e. The first-order chi connectivity index (χ1) is 27.3. The fourth-order valence-electron chi connectivity index (χ4n) is 5.15. The zero-order chi connectivity index (χ0) is 41.5. The molecule has 0 fully saturated rings. The zero-order valence-electron chi connectivity index (χ0n) is 30.5. The fourth-order valence-corrected chi connectivity index (χ4v) is 5.15. The van der Waals surface area contributed by atoms with Crippen molar-refractivity contribution in [2.75, 3.05) is 7.11 Å². The van der Waals surface area contributed by atoms with Crippen LogP contribution in [0.5, 0.6) is 23.0 Å². The second kappa shape index (κ2) is 20.8. The summed E-state index contributed by atoms with van der Waals surface area (Å²) in [4.78, 5) is 43.7. The van der Waals surface area contributed by atoms with E-state index in [4.69, 9.17) is 14.2 Å². The minimum atomic E-state index is -1.62. The normalized spacial score (nSPS) is 10.4. The van der Waals surface area contributed by atoms with Crippen LogP contribution in [0, 0.1) is 41.8 Å². The van der Waals surface area contributed by atoms with Gasteiger partial charge in [0.1, 0.15) is 29.3 Å². The Balaban J connectivity index is 0.000000200. The van der Waals surface area contributed by atoms with Gasteiger partial charge in [-0.25, -0.2) is 31.1 Å². The molecule has 6 rings (SSSR count). The summed E-state index contributed by atoms with van der Waals surface area (Å²) in [5.74, 6) is -9.40. The maximum absolute atomic E-state index is 13.2. The Kier molecular flexibility index (Phi) is 15.7. The highest BCUT2D eigenvalue weighted by molar-refractivity contribution is 5.96. The van der Waals surface area contributed by atoms with Gasteiger partial charge in [0, 0.05) is 37.1 Å². The molecule has 14 heteroatoms. The van der Waals surface area contributed by atoms with Gasteiger partial charge >= 0.3 is 11.9 Å². The molecule has 0 aromatic heterocycles. The lowest BCUT2D eigenvalue weighted by Gasteiger charge is -2.07. The molecule has 0 bridgehead atoms. The van der Waals surface area contributed by atoms with Crippen molar-refractivity contribution in [1.29, 1.82) is 0 Å². The molecule has 0 saturated carbocycles. The topological polar surface area (TPSA) is 105 Å². The lowest BCUT2D eigenvalue weighted by molar-refractivity contribution is -0.134. The Morgan fingerprint density at radius 2 is 1.09 bits per heavy atom. The van der Waals surface area contributed by atoms with Gasteiger partial charge in [-0.2, -0.15) is 0 Å². The van der Waals surface area contributed by atoms with E-state index < -0.39 is 46.6 Å². The van der Waals surface area contributed by atoms with Crippen LogP contribution in [0.3, 0.4) is 0 Å². The number of rotatable bonds is 12.